The van der Waals surface area contributed by atoms with Crippen molar-refractivity contribution in [2.75, 3.05) is 7.11 Å². The molecule has 0 atom stereocenters. The van der Waals surface area contributed by atoms with Gasteiger partial charge in [-0.15, -0.1) is 11.6 Å². The molecular formula is C8H7BrClFO. The van der Waals surface area contributed by atoms with Crippen LogP contribution in [0.3, 0.4) is 0 Å². The number of ether oxygens (including phenoxy) is 1. The van der Waals surface area contributed by atoms with E-state index in [4.69, 9.17) is 16.3 Å². The second kappa shape index (κ2) is 4.10. The van der Waals surface area contributed by atoms with E-state index in [1.807, 2.05) is 0 Å². The summed E-state index contributed by atoms with van der Waals surface area (Å²) in [6, 6.07) is 3.26. The zero-order valence-corrected chi connectivity index (χ0v) is 8.75. The van der Waals surface area contributed by atoms with Gasteiger partial charge in [-0.2, -0.15) is 0 Å². The van der Waals surface area contributed by atoms with Crippen molar-refractivity contribution >= 4 is 27.5 Å². The van der Waals surface area contributed by atoms with Gasteiger partial charge in [-0.1, -0.05) is 0 Å². The van der Waals surface area contributed by atoms with Gasteiger partial charge >= 0.3 is 0 Å². The number of rotatable bonds is 2. The first-order chi connectivity index (χ1) is 5.70. The molecule has 0 saturated heterocycles. The number of methoxy groups -OCH3 is 1. The predicted octanol–water partition coefficient (Wildman–Crippen LogP) is 3.34. The number of hydrogen-bond acceptors (Lipinski definition) is 1. The minimum Gasteiger partial charge on any atom is -0.496 e. The monoisotopic (exact) mass is 252 g/mol. The zero-order valence-electron chi connectivity index (χ0n) is 6.40. The Balaban J connectivity index is 3.25. The lowest BCUT2D eigenvalue weighted by molar-refractivity contribution is 0.406. The number of halogens is 3. The summed E-state index contributed by atoms with van der Waals surface area (Å²) >= 11 is 8.61. The average molecular weight is 253 g/mol. The third kappa shape index (κ3) is 1.72. The number of benzene rings is 1. The first kappa shape index (κ1) is 9.81. The molecule has 1 nitrogen and oxygen atoms in total. The van der Waals surface area contributed by atoms with Crippen LogP contribution in [0.25, 0.3) is 0 Å². The minimum absolute atomic E-state index is 0.106. The van der Waals surface area contributed by atoms with Crippen molar-refractivity contribution in [1.82, 2.24) is 0 Å². The lowest BCUT2D eigenvalue weighted by atomic mass is 10.2. The second-order valence-corrected chi connectivity index (χ2v) is 3.30. The van der Waals surface area contributed by atoms with Crippen molar-refractivity contribution in [3.63, 3.8) is 0 Å². The van der Waals surface area contributed by atoms with E-state index in [9.17, 15) is 4.39 Å². The number of alkyl halides is 1. The summed E-state index contributed by atoms with van der Waals surface area (Å²) in [5.41, 5.74) is 0.383. The van der Waals surface area contributed by atoms with Gasteiger partial charge in [-0.25, -0.2) is 4.39 Å². The lowest BCUT2D eigenvalue weighted by Gasteiger charge is -2.07. The molecule has 0 radical (unpaired) electrons. The Morgan fingerprint density at radius 1 is 1.58 bits per heavy atom. The maximum atomic E-state index is 13.2. The molecule has 1 rings (SSSR count). The van der Waals surface area contributed by atoms with Gasteiger partial charge in [0.25, 0.3) is 0 Å². The Hall–Kier alpha value is -0.280. The standard InChI is InChI=1S/C8H7BrClFO/c1-12-7-3-2-6(9)8(11)5(7)4-10/h2-3H,4H2,1H3. The lowest BCUT2D eigenvalue weighted by Crippen LogP contribution is -1.94. The van der Waals surface area contributed by atoms with E-state index in [0.717, 1.165) is 0 Å². The summed E-state index contributed by atoms with van der Waals surface area (Å²) < 4.78 is 18.6. The summed E-state index contributed by atoms with van der Waals surface area (Å²) in [5.74, 6) is 0.226. The fraction of sp³-hybridized carbons (Fsp3) is 0.250. The van der Waals surface area contributed by atoms with E-state index >= 15 is 0 Å². The third-order valence-electron chi connectivity index (χ3n) is 1.51. The van der Waals surface area contributed by atoms with Crippen LogP contribution in [0.1, 0.15) is 5.56 Å². The molecule has 12 heavy (non-hydrogen) atoms. The molecule has 0 heterocycles. The molecule has 1 aromatic rings. The third-order valence-corrected chi connectivity index (χ3v) is 2.39. The van der Waals surface area contributed by atoms with Crippen molar-refractivity contribution in [2.45, 2.75) is 5.88 Å². The molecule has 0 amide bonds. The van der Waals surface area contributed by atoms with Gasteiger partial charge in [0.1, 0.15) is 11.6 Å². The minimum atomic E-state index is -0.357. The molecule has 0 aliphatic carbocycles. The van der Waals surface area contributed by atoms with Crippen LogP contribution >= 0.6 is 27.5 Å². The summed E-state index contributed by atoms with van der Waals surface area (Å²) in [6.07, 6.45) is 0. The van der Waals surface area contributed by atoms with Gasteiger partial charge in [0.2, 0.25) is 0 Å². The van der Waals surface area contributed by atoms with E-state index < -0.39 is 0 Å². The SMILES string of the molecule is COc1ccc(Br)c(F)c1CCl. The van der Waals surface area contributed by atoms with Crippen molar-refractivity contribution in [3.05, 3.63) is 28.0 Å². The average Bonchev–Trinajstić information content (AvgIpc) is 2.09. The van der Waals surface area contributed by atoms with Crippen LogP contribution in [-0.4, -0.2) is 7.11 Å². The molecule has 0 saturated carbocycles. The van der Waals surface area contributed by atoms with Crippen molar-refractivity contribution < 1.29 is 9.13 Å². The summed E-state index contributed by atoms with van der Waals surface area (Å²) in [7, 11) is 1.48. The first-order valence-corrected chi connectivity index (χ1v) is 4.60. The summed E-state index contributed by atoms with van der Waals surface area (Å²) in [5, 5.41) is 0. The van der Waals surface area contributed by atoms with E-state index in [-0.39, 0.29) is 11.7 Å². The van der Waals surface area contributed by atoms with E-state index in [1.54, 1.807) is 12.1 Å². The number of hydrogen-bond donors (Lipinski definition) is 0. The van der Waals surface area contributed by atoms with Gasteiger partial charge in [-0.3, -0.25) is 0 Å². The van der Waals surface area contributed by atoms with E-state index in [2.05, 4.69) is 15.9 Å². The van der Waals surface area contributed by atoms with Gasteiger partial charge < -0.3 is 4.74 Å². The van der Waals surface area contributed by atoms with Crippen molar-refractivity contribution in [1.29, 1.82) is 0 Å². The smallest absolute Gasteiger partial charge is 0.145 e. The highest BCUT2D eigenvalue weighted by molar-refractivity contribution is 9.10. The molecule has 0 spiro atoms. The topological polar surface area (TPSA) is 9.23 Å². The molecular weight excluding hydrogens is 246 g/mol. The highest BCUT2D eigenvalue weighted by atomic mass is 79.9. The van der Waals surface area contributed by atoms with Crippen molar-refractivity contribution in [3.8, 4) is 5.75 Å². The van der Waals surface area contributed by atoms with Crippen LogP contribution < -0.4 is 4.74 Å². The highest BCUT2D eigenvalue weighted by Crippen LogP contribution is 2.28. The summed E-state index contributed by atoms with van der Waals surface area (Å²) in [4.78, 5) is 0. The van der Waals surface area contributed by atoms with Gasteiger partial charge in [0.15, 0.2) is 0 Å². The van der Waals surface area contributed by atoms with Crippen LogP contribution in [-0.2, 0) is 5.88 Å². The Morgan fingerprint density at radius 3 is 2.75 bits per heavy atom. The molecule has 0 N–H and O–H groups in total. The fourth-order valence-corrected chi connectivity index (χ4v) is 1.51. The quantitative estimate of drug-likeness (QED) is 0.735. The van der Waals surface area contributed by atoms with Crippen molar-refractivity contribution in [2.24, 2.45) is 0 Å². The van der Waals surface area contributed by atoms with Crippen LogP contribution in [0.5, 0.6) is 5.75 Å². The molecule has 0 unspecified atom stereocenters. The molecule has 1 aromatic carbocycles. The Bertz CT molecular complexity index is 291. The highest BCUT2D eigenvalue weighted by Gasteiger charge is 2.10. The zero-order chi connectivity index (χ0) is 9.14. The first-order valence-electron chi connectivity index (χ1n) is 3.27. The molecule has 4 heteroatoms. The summed E-state index contributed by atoms with van der Waals surface area (Å²) in [6.45, 7) is 0. The molecule has 0 aromatic heterocycles. The predicted molar refractivity (Wildman–Crippen MR) is 50.2 cm³/mol. The second-order valence-electron chi connectivity index (χ2n) is 2.18. The van der Waals surface area contributed by atoms with Gasteiger partial charge in [0.05, 0.1) is 17.5 Å². The van der Waals surface area contributed by atoms with Gasteiger partial charge in [0, 0.05) is 5.56 Å². The Kier molecular flexibility index (Phi) is 3.35. The molecule has 0 fully saturated rings. The normalized spacial score (nSPS) is 10.0. The van der Waals surface area contributed by atoms with Crippen LogP contribution in [0.15, 0.2) is 16.6 Å². The molecule has 66 valence electrons. The molecule has 0 aliphatic heterocycles. The largest absolute Gasteiger partial charge is 0.496 e. The fourth-order valence-electron chi connectivity index (χ4n) is 0.891. The van der Waals surface area contributed by atoms with Crippen LogP contribution in [0, 0.1) is 5.82 Å². The Morgan fingerprint density at radius 2 is 2.25 bits per heavy atom. The van der Waals surface area contributed by atoms with E-state index in [0.29, 0.717) is 15.8 Å². The van der Waals surface area contributed by atoms with Crippen LogP contribution in [0.4, 0.5) is 4.39 Å². The van der Waals surface area contributed by atoms with Gasteiger partial charge in [-0.05, 0) is 28.1 Å². The molecule has 0 bridgehead atoms. The molecule has 0 aliphatic rings. The van der Waals surface area contributed by atoms with E-state index in [1.165, 1.54) is 7.11 Å². The maximum Gasteiger partial charge on any atom is 0.145 e. The maximum absolute atomic E-state index is 13.2. The van der Waals surface area contributed by atoms with Crippen LogP contribution in [0.2, 0.25) is 0 Å². The Labute approximate surface area is 83.6 Å².